The molecule has 1 aliphatic heterocycles. The minimum absolute atomic E-state index is 0.0936. The predicted octanol–water partition coefficient (Wildman–Crippen LogP) is 1.57. The third-order valence-corrected chi connectivity index (χ3v) is 4.87. The van der Waals surface area contributed by atoms with Gasteiger partial charge in [-0.3, -0.25) is 14.7 Å². The summed E-state index contributed by atoms with van der Waals surface area (Å²) in [5.41, 5.74) is 1.04. The fraction of sp³-hybridized carbons (Fsp3) is 0.316. The first-order chi connectivity index (χ1) is 13.6. The number of hydrogen-bond donors (Lipinski definition) is 2. The van der Waals surface area contributed by atoms with Crippen LogP contribution >= 0.6 is 0 Å². The second-order valence-electron chi connectivity index (χ2n) is 6.71. The maximum atomic E-state index is 13.2. The van der Waals surface area contributed by atoms with Crippen LogP contribution in [0.1, 0.15) is 45.0 Å². The van der Waals surface area contributed by atoms with Crippen molar-refractivity contribution in [3.8, 4) is 0 Å². The van der Waals surface area contributed by atoms with Gasteiger partial charge in [0.15, 0.2) is 5.82 Å². The lowest BCUT2D eigenvalue weighted by molar-refractivity contribution is 0.0664. The third-order valence-electron chi connectivity index (χ3n) is 4.87. The molecule has 2 N–H and O–H groups in total. The van der Waals surface area contributed by atoms with E-state index in [2.05, 4.69) is 25.1 Å². The van der Waals surface area contributed by atoms with Gasteiger partial charge in [-0.15, -0.1) is 0 Å². The van der Waals surface area contributed by atoms with E-state index in [0.29, 0.717) is 49.0 Å². The first kappa shape index (κ1) is 17.9. The van der Waals surface area contributed by atoms with Crippen LogP contribution in [0.25, 0.3) is 0 Å². The maximum absolute atomic E-state index is 13.2. The van der Waals surface area contributed by atoms with E-state index >= 15 is 0 Å². The SMILES string of the molecule is Cc1nc(C2CCN(C(=O)c3cnc[nH]3)CCN2C(=O)c2ccccc2)n[nH]1. The molecule has 9 heteroatoms. The van der Waals surface area contributed by atoms with Crippen LogP contribution in [0, 0.1) is 6.92 Å². The van der Waals surface area contributed by atoms with E-state index in [1.807, 2.05) is 25.1 Å². The van der Waals surface area contributed by atoms with Crippen molar-refractivity contribution >= 4 is 11.8 Å². The lowest BCUT2D eigenvalue weighted by Crippen LogP contribution is -2.38. The minimum Gasteiger partial charge on any atom is -0.341 e. The number of amides is 2. The number of carbonyl (C=O) groups excluding carboxylic acids is 2. The molecule has 9 nitrogen and oxygen atoms in total. The number of nitrogens with one attached hydrogen (secondary N) is 2. The van der Waals surface area contributed by atoms with E-state index in [4.69, 9.17) is 0 Å². The first-order valence-electron chi connectivity index (χ1n) is 9.16. The van der Waals surface area contributed by atoms with Gasteiger partial charge in [-0.05, 0) is 25.5 Å². The van der Waals surface area contributed by atoms with Gasteiger partial charge in [0.2, 0.25) is 0 Å². The van der Waals surface area contributed by atoms with Crippen molar-refractivity contribution in [2.75, 3.05) is 19.6 Å². The number of aryl methyl sites for hydroxylation is 1. The van der Waals surface area contributed by atoms with Gasteiger partial charge in [0.1, 0.15) is 11.5 Å². The molecule has 1 saturated heterocycles. The zero-order valence-corrected chi connectivity index (χ0v) is 15.5. The van der Waals surface area contributed by atoms with Crippen LogP contribution in [0.4, 0.5) is 0 Å². The number of benzene rings is 1. The summed E-state index contributed by atoms with van der Waals surface area (Å²) < 4.78 is 0. The van der Waals surface area contributed by atoms with Crippen molar-refractivity contribution in [3.63, 3.8) is 0 Å². The summed E-state index contributed by atoms with van der Waals surface area (Å²) in [7, 11) is 0. The van der Waals surface area contributed by atoms with E-state index in [9.17, 15) is 9.59 Å². The lowest BCUT2D eigenvalue weighted by Gasteiger charge is -2.27. The number of hydrogen-bond acceptors (Lipinski definition) is 5. The van der Waals surface area contributed by atoms with E-state index in [0.717, 1.165) is 0 Å². The molecule has 1 unspecified atom stereocenters. The largest absolute Gasteiger partial charge is 0.341 e. The molecule has 0 radical (unpaired) electrons. The molecule has 2 amide bonds. The van der Waals surface area contributed by atoms with Gasteiger partial charge in [-0.1, -0.05) is 18.2 Å². The normalized spacial score (nSPS) is 17.4. The van der Waals surface area contributed by atoms with Crippen molar-refractivity contribution in [2.45, 2.75) is 19.4 Å². The number of carbonyl (C=O) groups is 2. The smallest absolute Gasteiger partial charge is 0.271 e. The van der Waals surface area contributed by atoms with Crippen LogP contribution in [0.2, 0.25) is 0 Å². The second kappa shape index (κ2) is 7.63. The molecule has 4 rings (SSSR count). The molecule has 3 aromatic rings. The highest BCUT2D eigenvalue weighted by Crippen LogP contribution is 2.27. The van der Waals surface area contributed by atoms with Crippen LogP contribution in [0.15, 0.2) is 42.9 Å². The van der Waals surface area contributed by atoms with Crippen LogP contribution in [-0.4, -0.2) is 66.4 Å². The Morgan fingerprint density at radius 1 is 1.11 bits per heavy atom. The zero-order valence-electron chi connectivity index (χ0n) is 15.5. The lowest BCUT2D eigenvalue weighted by atomic mass is 10.1. The molecule has 28 heavy (non-hydrogen) atoms. The van der Waals surface area contributed by atoms with E-state index in [1.54, 1.807) is 21.9 Å². The van der Waals surface area contributed by atoms with Gasteiger partial charge < -0.3 is 14.8 Å². The molecular weight excluding hydrogens is 358 g/mol. The highest BCUT2D eigenvalue weighted by Gasteiger charge is 2.33. The third kappa shape index (κ3) is 3.51. The summed E-state index contributed by atoms with van der Waals surface area (Å²) in [5, 5.41) is 7.13. The summed E-state index contributed by atoms with van der Waals surface area (Å²) in [6.07, 6.45) is 3.54. The van der Waals surface area contributed by atoms with Crippen molar-refractivity contribution in [3.05, 3.63) is 65.8 Å². The summed E-state index contributed by atoms with van der Waals surface area (Å²) in [5.74, 6) is 1.04. The molecule has 0 saturated carbocycles. The minimum atomic E-state index is -0.308. The van der Waals surface area contributed by atoms with Crippen molar-refractivity contribution < 1.29 is 9.59 Å². The molecule has 0 spiro atoms. The highest BCUT2D eigenvalue weighted by molar-refractivity contribution is 5.95. The topological polar surface area (TPSA) is 111 Å². The Labute approximate surface area is 161 Å². The van der Waals surface area contributed by atoms with Gasteiger partial charge in [0.05, 0.1) is 18.6 Å². The summed E-state index contributed by atoms with van der Waals surface area (Å²) in [4.78, 5) is 40.6. The Kier molecular flexibility index (Phi) is 4.88. The standard InChI is InChI=1S/C19H21N7O2/c1-13-22-17(24-23-13)16-7-8-25(19(28)15-11-20-12-21-15)9-10-26(16)18(27)14-5-3-2-4-6-14/h2-6,11-12,16H,7-10H2,1H3,(H,20,21)(H,22,23,24). The molecule has 1 atom stereocenters. The fourth-order valence-corrected chi connectivity index (χ4v) is 3.44. The Hall–Kier alpha value is -3.49. The van der Waals surface area contributed by atoms with Gasteiger partial charge in [-0.25, -0.2) is 9.97 Å². The number of aromatic nitrogens is 5. The van der Waals surface area contributed by atoms with Gasteiger partial charge in [-0.2, -0.15) is 5.10 Å². The molecule has 1 fully saturated rings. The molecule has 1 aromatic carbocycles. The number of aromatic amines is 2. The van der Waals surface area contributed by atoms with Crippen molar-refractivity contribution in [2.24, 2.45) is 0 Å². The van der Waals surface area contributed by atoms with Crippen LogP contribution in [-0.2, 0) is 0 Å². The average molecular weight is 379 g/mol. The molecule has 3 heterocycles. The van der Waals surface area contributed by atoms with Crippen LogP contribution in [0.5, 0.6) is 0 Å². The zero-order chi connectivity index (χ0) is 19.5. The second-order valence-corrected chi connectivity index (χ2v) is 6.71. The van der Waals surface area contributed by atoms with Gasteiger partial charge in [0.25, 0.3) is 11.8 Å². The Morgan fingerprint density at radius 2 is 1.93 bits per heavy atom. The summed E-state index contributed by atoms with van der Waals surface area (Å²) in [6, 6.07) is 8.83. The summed E-state index contributed by atoms with van der Waals surface area (Å²) >= 11 is 0. The van der Waals surface area contributed by atoms with E-state index in [-0.39, 0.29) is 17.9 Å². The molecule has 2 aromatic heterocycles. The first-order valence-corrected chi connectivity index (χ1v) is 9.16. The van der Waals surface area contributed by atoms with Gasteiger partial charge in [0, 0.05) is 25.2 Å². The Balaban J connectivity index is 1.62. The monoisotopic (exact) mass is 379 g/mol. The number of H-pyrrole nitrogens is 2. The fourth-order valence-electron chi connectivity index (χ4n) is 3.44. The van der Waals surface area contributed by atoms with E-state index < -0.39 is 0 Å². The molecule has 0 bridgehead atoms. The Bertz CT molecular complexity index is 952. The number of rotatable bonds is 3. The van der Waals surface area contributed by atoms with Crippen molar-refractivity contribution in [1.29, 1.82) is 0 Å². The van der Waals surface area contributed by atoms with Crippen LogP contribution in [0.3, 0.4) is 0 Å². The molecule has 144 valence electrons. The number of imidazole rings is 1. The number of nitrogens with zero attached hydrogens (tertiary/aromatic N) is 5. The van der Waals surface area contributed by atoms with E-state index in [1.165, 1.54) is 12.5 Å². The van der Waals surface area contributed by atoms with Gasteiger partial charge >= 0.3 is 0 Å². The Morgan fingerprint density at radius 3 is 2.61 bits per heavy atom. The molecule has 1 aliphatic rings. The van der Waals surface area contributed by atoms with Crippen molar-refractivity contribution in [1.82, 2.24) is 34.9 Å². The quantitative estimate of drug-likeness (QED) is 0.717. The average Bonchev–Trinajstić information content (AvgIpc) is 3.35. The van der Waals surface area contributed by atoms with Crippen LogP contribution < -0.4 is 0 Å². The predicted molar refractivity (Wildman–Crippen MR) is 100 cm³/mol. The molecular formula is C19H21N7O2. The maximum Gasteiger partial charge on any atom is 0.271 e. The summed E-state index contributed by atoms with van der Waals surface area (Å²) in [6.45, 7) is 3.14. The molecule has 0 aliphatic carbocycles. The highest BCUT2D eigenvalue weighted by atomic mass is 16.2.